The predicted molar refractivity (Wildman–Crippen MR) is 84.8 cm³/mol. The van der Waals surface area contributed by atoms with Gasteiger partial charge in [0.15, 0.2) is 0 Å². The van der Waals surface area contributed by atoms with Crippen molar-refractivity contribution in [3.05, 3.63) is 29.3 Å². The van der Waals surface area contributed by atoms with Crippen LogP contribution in [0.5, 0.6) is 5.75 Å². The molecule has 0 unspecified atom stereocenters. The Bertz CT molecular complexity index is 367. The average Bonchev–Trinajstić information content (AvgIpc) is 2.47. The standard InChI is InChI=1S/C15H26N2OS/c1-4-17(5-2)8-9-19-12-14-10-13(11-16)6-7-15(14)18-3/h6-7,10H,4-5,8-9,11-12,16H2,1-3H3. The molecule has 0 fully saturated rings. The van der Waals surface area contributed by atoms with Gasteiger partial charge in [0.2, 0.25) is 0 Å². The van der Waals surface area contributed by atoms with E-state index in [1.807, 2.05) is 23.9 Å². The molecule has 0 aliphatic heterocycles. The van der Waals surface area contributed by atoms with Gasteiger partial charge in [-0.2, -0.15) is 11.8 Å². The minimum Gasteiger partial charge on any atom is -0.496 e. The summed E-state index contributed by atoms with van der Waals surface area (Å²) in [6.45, 7) is 8.41. The lowest BCUT2D eigenvalue weighted by molar-refractivity contribution is 0.324. The van der Waals surface area contributed by atoms with Crippen molar-refractivity contribution in [2.45, 2.75) is 26.1 Å². The molecule has 1 aromatic carbocycles. The second-order valence-corrected chi connectivity index (χ2v) is 5.53. The van der Waals surface area contributed by atoms with Gasteiger partial charge in [0.25, 0.3) is 0 Å². The summed E-state index contributed by atoms with van der Waals surface area (Å²) < 4.78 is 5.40. The third kappa shape index (κ3) is 5.43. The van der Waals surface area contributed by atoms with Crippen molar-refractivity contribution in [1.82, 2.24) is 4.90 Å². The maximum atomic E-state index is 5.69. The summed E-state index contributed by atoms with van der Waals surface area (Å²) in [6, 6.07) is 6.20. The van der Waals surface area contributed by atoms with Crippen LogP contribution in [0.1, 0.15) is 25.0 Å². The number of methoxy groups -OCH3 is 1. The Morgan fingerprint density at radius 2 is 2.00 bits per heavy atom. The van der Waals surface area contributed by atoms with Crippen molar-refractivity contribution in [2.75, 3.05) is 32.5 Å². The van der Waals surface area contributed by atoms with Crippen molar-refractivity contribution in [2.24, 2.45) is 5.73 Å². The van der Waals surface area contributed by atoms with E-state index in [0.717, 1.165) is 36.9 Å². The second-order valence-electron chi connectivity index (χ2n) is 4.43. The molecule has 3 nitrogen and oxygen atoms in total. The van der Waals surface area contributed by atoms with E-state index in [4.69, 9.17) is 10.5 Å². The number of hydrogen-bond acceptors (Lipinski definition) is 4. The number of benzene rings is 1. The third-order valence-electron chi connectivity index (χ3n) is 3.28. The van der Waals surface area contributed by atoms with Gasteiger partial charge < -0.3 is 15.4 Å². The summed E-state index contributed by atoms with van der Waals surface area (Å²) in [5.41, 5.74) is 8.10. The zero-order valence-corrected chi connectivity index (χ0v) is 13.1. The molecule has 0 aromatic heterocycles. The zero-order valence-electron chi connectivity index (χ0n) is 12.3. The lowest BCUT2D eigenvalue weighted by Crippen LogP contribution is -2.25. The lowest BCUT2D eigenvalue weighted by atomic mass is 10.1. The highest BCUT2D eigenvalue weighted by molar-refractivity contribution is 7.98. The minimum atomic E-state index is 0.584. The van der Waals surface area contributed by atoms with Crippen LogP contribution in [0.25, 0.3) is 0 Å². The number of nitrogens with two attached hydrogens (primary N) is 1. The van der Waals surface area contributed by atoms with Crippen molar-refractivity contribution in [1.29, 1.82) is 0 Å². The smallest absolute Gasteiger partial charge is 0.122 e. The molecule has 0 saturated heterocycles. The van der Waals surface area contributed by atoms with E-state index >= 15 is 0 Å². The monoisotopic (exact) mass is 282 g/mol. The van der Waals surface area contributed by atoms with Crippen LogP contribution in [0.3, 0.4) is 0 Å². The van der Waals surface area contributed by atoms with E-state index in [1.54, 1.807) is 7.11 Å². The quantitative estimate of drug-likeness (QED) is 0.707. The van der Waals surface area contributed by atoms with Crippen LogP contribution in [0, 0.1) is 0 Å². The average molecular weight is 282 g/mol. The van der Waals surface area contributed by atoms with Crippen LogP contribution < -0.4 is 10.5 Å². The molecular formula is C15H26N2OS. The Balaban J connectivity index is 2.47. The summed E-state index contributed by atoms with van der Waals surface area (Å²) in [7, 11) is 1.72. The first kappa shape index (κ1) is 16.3. The fourth-order valence-electron chi connectivity index (χ4n) is 1.99. The highest BCUT2D eigenvalue weighted by Crippen LogP contribution is 2.24. The molecule has 0 saturated carbocycles. The normalized spacial score (nSPS) is 11.0. The molecule has 19 heavy (non-hydrogen) atoms. The van der Waals surface area contributed by atoms with Crippen LogP contribution in [-0.4, -0.2) is 37.4 Å². The summed E-state index contributed by atoms with van der Waals surface area (Å²) in [6.07, 6.45) is 0. The van der Waals surface area contributed by atoms with Crippen molar-refractivity contribution < 1.29 is 4.74 Å². The van der Waals surface area contributed by atoms with Crippen molar-refractivity contribution in [3.8, 4) is 5.75 Å². The largest absolute Gasteiger partial charge is 0.496 e. The summed E-state index contributed by atoms with van der Waals surface area (Å²) in [5.74, 6) is 3.10. The highest BCUT2D eigenvalue weighted by Gasteiger charge is 2.05. The van der Waals surface area contributed by atoms with E-state index in [1.165, 1.54) is 11.1 Å². The Kier molecular flexibility index (Phi) is 7.94. The van der Waals surface area contributed by atoms with Crippen LogP contribution >= 0.6 is 11.8 Å². The van der Waals surface area contributed by atoms with Crippen LogP contribution in [0.4, 0.5) is 0 Å². The Hall–Kier alpha value is -0.710. The van der Waals surface area contributed by atoms with Gasteiger partial charge in [-0.1, -0.05) is 19.9 Å². The van der Waals surface area contributed by atoms with E-state index in [2.05, 4.69) is 24.8 Å². The number of hydrogen-bond donors (Lipinski definition) is 1. The van der Waals surface area contributed by atoms with Gasteiger partial charge in [0.05, 0.1) is 7.11 Å². The van der Waals surface area contributed by atoms with Crippen LogP contribution in [0.2, 0.25) is 0 Å². The summed E-state index contributed by atoms with van der Waals surface area (Å²) in [4.78, 5) is 2.44. The molecule has 0 aliphatic carbocycles. The number of thioether (sulfide) groups is 1. The minimum absolute atomic E-state index is 0.584. The Morgan fingerprint density at radius 1 is 1.26 bits per heavy atom. The highest BCUT2D eigenvalue weighted by atomic mass is 32.2. The Morgan fingerprint density at radius 3 is 2.58 bits per heavy atom. The van der Waals surface area contributed by atoms with Gasteiger partial charge in [0.1, 0.15) is 5.75 Å². The van der Waals surface area contributed by atoms with Crippen molar-refractivity contribution in [3.63, 3.8) is 0 Å². The number of nitrogens with zero attached hydrogens (tertiary/aromatic N) is 1. The zero-order chi connectivity index (χ0) is 14.1. The SMILES string of the molecule is CCN(CC)CCSCc1cc(CN)ccc1OC. The van der Waals surface area contributed by atoms with Gasteiger partial charge in [-0.25, -0.2) is 0 Å². The molecular weight excluding hydrogens is 256 g/mol. The maximum absolute atomic E-state index is 5.69. The topological polar surface area (TPSA) is 38.5 Å². The fraction of sp³-hybridized carbons (Fsp3) is 0.600. The van der Waals surface area contributed by atoms with Gasteiger partial charge in [0, 0.05) is 30.2 Å². The molecule has 0 atom stereocenters. The fourth-order valence-corrected chi connectivity index (χ4v) is 2.96. The van der Waals surface area contributed by atoms with Gasteiger partial charge >= 0.3 is 0 Å². The first-order chi connectivity index (χ1) is 9.24. The van der Waals surface area contributed by atoms with Gasteiger partial charge in [-0.3, -0.25) is 0 Å². The van der Waals surface area contributed by atoms with E-state index < -0.39 is 0 Å². The number of rotatable bonds is 9. The van der Waals surface area contributed by atoms with Gasteiger partial charge in [-0.15, -0.1) is 0 Å². The molecule has 108 valence electrons. The third-order valence-corrected chi connectivity index (χ3v) is 4.27. The molecule has 0 amide bonds. The molecule has 1 aromatic rings. The van der Waals surface area contributed by atoms with Gasteiger partial charge in [-0.05, 0) is 30.8 Å². The molecule has 0 heterocycles. The summed E-state index contributed by atoms with van der Waals surface area (Å²) in [5, 5.41) is 0. The van der Waals surface area contributed by atoms with Crippen LogP contribution in [0.15, 0.2) is 18.2 Å². The van der Waals surface area contributed by atoms with Crippen LogP contribution in [-0.2, 0) is 12.3 Å². The molecule has 0 bridgehead atoms. The van der Waals surface area contributed by atoms with E-state index in [9.17, 15) is 0 Å². The first-order valence-electron chi connectivity index (χ1n) is 6.91. The second kappa shape index (κ2) is 9.23. The summed E-state index contributed by atoms with van der Waals surface area (Å²) >= 11 is 1.95. The number of ether oxygens (including phenoxy) is 1. The maximum Gasteiger partial charge on any atom is 0.122 e. The molecule has 4 heteroatoms. The van der Waals surface area contributed by atoms with E-state index in [0.29, 0.717) is 6.54 Å². The van der Waals surface area contributed by atoms with E-state index in [-0.39, 0.29) is 0 Å². The first-order valence-corrected chi connectivity index (χ1v) is 8.06. The Labute approximate surface area is 121 Å². The van der Waals surface area contributed by atoms with Crippen molar-refractivity contribution >= 4 is 11.8 Å². The molecule has 0 spiro atoms. The molecule has 0 aliphatic rings. The predicted octanol–water partition coefficient (Wildman–Crippen LogP) is 2.73. The molecule has 2 N–H and O–H groups in total. The molecule has 1 rings (SSSR count). The lowest BCUT2D eigenvalue weighted by Gasteiger charge is -2.17. The molecule has 0 radical (unpaired) electrons.